The SMILES string of the molecule is Cc1csc(CNC(=O)c2nc(-c3cccs3)[nH]c(=O)c2O)n1. The fourth-order valence-electron chi connectivity index (χ4n) is 1.88. The maximum absolute atomic E-state index is 12.2. The molecule has 118 valence electrons. The van der Waals surface area contributed by atoms with Crippen molar-refractivity contribution in [3.05, 3.63) is 49.6 Å². The van der Waals surface area contributed by atoms with Crippen LogP contribution in [-0.2, 0) is 6.54 Å². The molecule has 0 saturated heterocycles. The van der Waals surface area contributed by atoms with Crippen molar-refractivity contribution in [3.63, 3.8) is 0 Å². The number of aryl methyl sites for hydroxylation is 1. The van der Waals surface area contributed by atoms with Gasteiger partial charge in [0.1, 0.15) is 5.01 Å². The lowest BCUT2D eigenvalue weighted by Crippen LogP contribution is -2.26. The Morgan fingerprint density at radius 1 is 1.39 bits per heavy atom. The molecule has 3 aromatic rings. The zero-order valence-electron chi connectivity index (χ0n) is 12.0. The molecular weight excluding hydrogens is 336 g/mol. The molecule has 1 amide bonds. The number of amides is 1. The number of H-pyrrole nitrogens is 1. The number of hydrogen-bond acceptors (Lipinski definition) is 7. The summed E-state index contributed by atoms with van der Waals surface area (Å²) >= 11 is 2.79. The monoisotopic (exact) mass is 348 g/mol. The summed E-state index contributed by atoms with van der Waals surface area (Å²) in [5.41, 5.74) is -0.180. The number of nitrogens with one attached hydrogen (secondary N) is 2. The average Bonchev–Trinajstić information content (AvgIpc) is 3.19. The van der Waals surface area contributed by atoms with Gasteiger partial charge in [-0.2, -0.15) is 0 Å². The number of carbonyl (C=O) groups excluding carboxylic acids is 1. The first-order valence-corrected chi connectivity index (χ1v) is 8.37. The van der Waals surface area contributed by atoms with Gasteiger partial charge in [0.15, 0.2) is 11.5 Å². The van der Waals surface area contributed by atoms with E-state index in [1.165, 1.54) is 22.7 Å². The second kappa shape index (κ2) is 6.31. The maximum Gasteiger partial charge on any atom is 0.294 e. The number of thiazole rings is 1. The highest BCUT2D eigenvalue weighted by molar-refractivity contribution is 7.13. The van der Waals surface area contributed by atoms with E-state index in [2.05, 4.69) is 20.3 Å². The van der Waals surface area contributed by atoms with Crippen molar-refractivity contribution < 1.29 is 9.90 Å². The minimum absolute atomic E-state index is 0.208. The van der Waals surface area contributed by atoms with Crippen LogP contribution in [0.5, 0.6) is 5.75 Å². The Morgan fingerprint density at radius 3 is 2.87 bits per heavy atom. The third kappa shape index (κ3) is 3.30. The Hall–Kier alpha value is -2.52. The van der Waals surface area contributed by atoms with Gasteiger partial charge < -0.3 is 15.4 Å². The van der Waals surface area contributed by atoms with Crippen LogP contribution >= 0.6 is 22.7 Å². The van der Waals surface area contributed by atoms with Crippen LogP contribution in [0.3, 0.4) is 0 Å². The predicted octanol–water partition coefficient (Wildman–Crippen LogP) is 1.90. The standard InChI is InChI=1S/C14H12N4O3S2/c1-7-6-23-9(16-7)5-15-13(20)10-11(19)14(21)18-12(17-10)8-3-2-4-22-8/h2-4,6,19H,5H2,1H3,(H,15,20)(H,17,18,21). The number of aromatic hydroxyl groups is 1. The zero-order valence-corrected chi connectivity index (χ0v) is 13.6. The van der Waals surface area contributed by atoms with E-state index in [0.29, 0.717) is 4.88 Å². The molecule has 0 saturated carbocycles. The topological polar surface area (TPSA) is 108 Å². The lowest BCUT2D eigenvalue weighted by molar-refractivity contribution is 0.0942. The summed E-state index contributed by atoms with van der Waals surface area (Å²) in [7, 11) is 0. The summed E-state index contributed by atoms with van der Waals surface area (Å²) in [5, 5.41) is 16.9. The largest absolute Gasteiger partial charge is 0.501 e. The third-order valence-corrected chi connectivity index (χ3v) is 4.77. The smallest absolute Gasteiger partial charge is 0.294 e. The second-order valence-corrected chi connectivity index (χ2v) is 6.54. The molecule has 9 heteroatoms. The number of rotatable bonds is 4. The van der Waals surface area contributed by atoms with Gasteiger partial charge in [-0.15, -0.1) is 22.7 Å². The molecule has 0 aliphatic carbocycles. The Labute approximate surface area is 138 Å². The van der Waals surface area contributed by atoms with E-state index in [4.69, 9.17) is 0 Å². The fourth-order valence-corrected chi connectivity index (χ4v) is 3.26. The number of hydrogen-bond donors (Lipinski definition) is 3. The molecule has 0 radical (unpaired) electrons. The summed E-state index contributed by atoms with van der Waals surface area (Å²) < 4.78 is 0. The summed E-state index contributed by atoms with van der Waals surface area (Å²) in [4.78, 5) is 35.5. The van der Waals surface area contributed by atoms with E-state index in [0.717, 1.165) is 10.7 Å². The van der Waals surface area contributed by atoms with E-state index in [9.17, 15) is 14.7 Å². The molecule has 0 spiro atoms. The van der Waals surface area contributed by atoms with Gasteiger partial charge in [0.25, 0.3) is 11.5 Å². The molecular formula is C14H12N4O3S2. The van der Waals surface area contributed by atoms with E-state index < -0.39 is 17.2 Å². The number of aromatic amines is 1. The molecule has 7 nitrogen and oxygen atoms in total. The Balaban J connectivity index is 1.86. The molecule has 0 fully saturated rings. The van der Waals surface area contributed by atoms with Crippen molar-refractivity contribution in [2.45, 2.75) is 13.5 Å². The van der Waals surface area contributed by atoms with Crippen molar-refractivity contribution in [3.8, 4) is 16.5 Å². The van der Waals surface area contributed by atoms with Gasteiger partial charge in [-0.3, -0.25) is 9.59 Å². The molecule has 0 unspecified atom stereocenters. The van der Waals surface area contributed by atoms with Gasteiger partial charge in [0, 0.05) is 11.1 Å². The lowest BCUT2D eigenvalue weighted by Gasteiger charge is -2.06. The van der Waals surface area contributed by atoms with Crippen molar-refractivity contribution in [1.29, 1.82) is 0 Å². The van der Waals surface area contributed by atoms with Crippen LogP contribution in [0.15, 0.2) is 27.7 Å². The second-order valence-electron chi connectivity index (χ2n) is 4.65. The van der Waals surface area contributed by atoms with E-state index in [-0.39, 0.29) is 18.1 Å². The van der Waals surface area contributed by atoms with Gasteiger partial charge in [0.2, 0.25) is 5.75 Å². The van der Waals surface area contributed by atoms with Crippen molar-refractivity contribution >= 4 is 28.6 Å². The number of carbonyl (C=O) groups is 1. The van der Waals surface area contributed by atoms with E-state index in [1.54, 1.807) is 12.1 Å². The normalized spacial score (nSPS) is 10.7. The fraction of sp³-hybridized carbons (Fsp3) is 0.143. The Kier molecular flexibility index (Phi) is 4.22. The lowest BCUT2D eigenvalue weighted by atomic mass is 10.3. The predicted molar refractivity (Wildman–Crippen MR) is 87.9 cm³/mol. The average molecular weight is 348 g/mol. The molecule has 0 aliphatic rings. The maximum atomic E-state index is 12.2. The quantitative estimate of drug-likeness (QED) is 0.667. The highest BCUT2D eigenvalue weighted by Gasteiger charge is 2.19. The molecule has 3 heterocycles. The first-order valence-electron chi connectivity index (χ1n) is 6.61. The molecule has 0 atom stereocenters. The first-order chi connectivity index (χ1) is 11.0. The minimum atomic E-state index is -0.751. The highest BCUT2D eigenvalue weighted by atomic mass is 32.1. The molecule has 0 aliphatic heterocycles. The highest BCUT2D eigenvalue weighted by Crippen LogP contribution is 2.21. The Bertz CT molecular complexity index is 899. The minimum Gasteiger partial charge on any atom is -0.501 e. The Morgan fingerprint density at radius 2 is 2.22 bits per heavy atom. The van der Waals surface area contributed by atoms with Gasteiger partial charge >= 0.3 is 0 Å². The molecule has 0 bridgehead atoms. The van der Waals surface area contributed by atoms with Crippen LogP contribution in [0.2, 0.25) is 0 Å². The van der Waals surface area contributed by atoms with E-state index >= 15 is 0 Å². The first kappa shape index (κ1) is 15.4. The van der Waals surface area contributed by atoms with Gasteiger partial charge in [-0.1, -0.05) is 6.07 Å². The van der Waals surface area contributed by atoms with Crippen LogP contribution in [0.25, 0.3) is 10.7 Å². The van der Waals surface area contributed by atoms with Crippen LogP contribution < -0.4 is 10.9 Å². The summed E-state index contributed by atoms with van der Waals surface area (Å²) in [5.74, 6) is -1.07. The van der Waals surface area contributed by atoms with E-state index in [1.807, 2.05) is 17.7 Å². The number of aromatic nitrogens is 3. The van der Waals surface area contributed by atoms with Crippen LogP contribution in [0, 0.1) is 6.92 Å². The molecule has 23 heavy (non-hydrogen) atoms. The van der Waals surface area contributed by atoms with Crippen LogP contribution in [-0.4, -0.2) is 26.0 Å². The number of nitrogens with zero attached hydrogens (tertiary/aromatic N) is 2. The zero-order chi connectivity index (χ0) is 16.4. The third-order valence-electron chi connectivity index (χ3n) is 2.93. The van der Waals surface area contributed by atoms with Gasteiger partial charge in [0.05, 0.1) is 11.4 Å². The van der Waals surface area contributed by atoms with Crippen molar-refractivity contribution in [2.24, 2.45) is 0 Å². The summed E-state index contributed by atoms with van der Waals surface area (Å²) in [6.07, 6.45) is 0. The van der Waals surface area contributed by atoms with Crippen LogP contribution in [0.1, 0.15) is 21.2 Å². The molecule has 3 aromatic heterocycles. The van der Waals surface area contributed by atoms with Crippen LogP contribution in [0.4, 0.5) is 0 Å². The summed E-state index contributed by atoms with van der Waals surface area (Å²) in [6.45, 7) is 2.07. The van der Waals surface area contributed by atoms with Gasteiger partial charge in [-0.05, 0) is 18.4 Å². The number of thiophene rings is 1. The molecule has 3 rings (SSSR count). The summed E-state index contributed by atoms with van der Waals surface area (Å²) in [6, 6.07) is 3.57. The van der Waals surface area contributed by atoms with Crippen molar-refractivity contribution in [1.82, 2.24) is 20.3 Å². The van der Waals surface area contributed by atoms with Crippen molar-refractivity contribution in [2.75, 3.05) is 0 Å². The van der Waals surface area contributed by atoms with Gasteiger partial charge in [-0.25, -0.2) is 9.97 Å². The molecule has 0 aromatic carbocycles. The molecule has 3 N–H and O–H groups in total.